The molecule has 0 saturated heterocycles. The summed E-state index contributed by atoms with van der Waals surface area (Å²) in [6, 6.07) is 3.77. The highest BCUT2D eigenvalue weighted by atomic mass is 16.5. The summed E-state index contributed by atoms with van der Waals surface area (Å²) in [6.07, 6.45) is 5.61. The van der Waals surface area contributed by atoms with Crippen LogP contribution in [0.15, 0.2) is 12.1 Å². The van der Waals surface area contributed by atoms with Gasteiger partial charge >= 0.3 is 5.97 Å². The van der Waals surface area contributed by atoms with Gasteiger partial charge in [0, 0.05) is 5.69 Å². The van der Waals surface area contributed by atoms with Crippen molar-refractivity contribution in [2.75, 3.05) is 5.73 Å². The quantitative estimate of drug-likeness (QED) is 0.456. The lowest BCUT2D eigenvalue weighted by atomic mass is 10.0. The second-order valence-electron chi connectivity index (χ2n) is 5.61. The molecule has 1 rings (SSSR count). The molecule has 0 fully saturated rings. The highest BCUT2D eigenvalue weighted by molar-refractivity contribution is 5.96. The molecule has 1 unspecified atom stereocenters. The van der Waals surface area contributed by atoms with Crippen LogP contribution in [0, 0.1) is 13.8 Å². The average molecular weight is 277 g/mol. The largest absolute Gasteiger partial charge is 0.459 e. The second-order valence-corrected chi connectivity index (χ2v) is 5.61. The Kier molecular flexibility index (Phi) is 6.56. The van der Waals surface area contributed by atoms with E-state index in [2.05, 4.69) is 6.92 Å². The lowest BCUT2D eigenvalue weighted by molar-refractivity contribution is 0.0320. The third-order valence-electron chi connectivity index (χ3n) is 3.52. The van der Waals surface area contributed by atoms with Crippen molar-refractivity contribution in [3.05, 3.63) is 28.8 Å². The minimum Gasteiger partial charge on any atom is -0.459 e. The van der Waals surface area contributed by atoms with Crippen LogP contribution >= 0.6 is 0 Å². The average Bonchev–Trinajstić information content (AvgIpc) is 2.38. The number of benzene rings is 1. The predicted molar refractivity (Wildman–Crippen MR) is 84.0 cm³/mol. The van der Waals surface area contributed by atoms with Gasteiger partial charge in [0.25, 0.3) is 0 Å². The maximum Gasteiger partial charge on any atom is 0.340 e. The Bertz CT molecular complexity index is 455. The number of nitrogen functional groups attached to an aromatic ring is 1. The van der Waals surface area contributed by atoms with Crippen molar-refractivity contribution in [3.8, 4) is 0 Å². The number of rotatable bonds is 7. The number of hydrogen-bond acceptors (Lipinski definition) is 3. The first-order chi connectivity index (χ1) is 9.45. The fourth-order valence-corrected chi connectivity index (χ4v) is 2.31. The van der Waals surface area contributed by atoms with Gasteiger partial charge in [-0.2, -0.15) is 0 Å². The van der Waals surface area contributed by atoms with Gasteiger partial charge in [0.05, 0.1) is 11.7 Å². The van der Waals surface area contributed by atoms with Crippen molar-refractivity contribution in [3.63, 3.8) is 0 Å². The molecular weight excluding hydrogens is 250 g/mol. The van der Waals surface area contributed by atoms with Crippen LogP contribution in [0.3, 0.4) is 0 Å². The number of carbonyl (C=O) groups excluding carboxylic acids is 1. The number of aryl methyl sites for hydroxylation is 2. The fraction of sp³-hybridized carbons (Fsp3) is 0.588. The zero-order valence-corrected chi connectivity index (χ0v) is 13.2. The molecule has 2 N–H and O–H groups in total. The van der Waals surface area contributed by atoms with Gasteiger partial charge < -0.3 is 10.5 Å². The van der Waals surface area contributed by atoms with E-state index in [0.717, 1.165) is 24.0 Å². The van der Waals surface area contributed by atoms with Crippen molar-refractivity contribution in [1.29, 1.82) is 0 Å². The van der Waals surface area contributed by atoms with Crippen LogP contribution in [0.2, 0.25) is 0 Å². The number of esters is 1. The Morgan fingerprint density at radius 2 is 1.95 bits per heavy atom. The predicted octanol–water partition coefficient (Wildman–Crippen LogP) is 4.40. The van der Waals surface area contributed by atoms with Gasteiger partial charge in [-0.25, -0.2) is 4.79 Å². The monoisotopic (exact) mass is 277 g/mol. The molecule has 0 amide bonds. The number of carbonyl (C=O) groups is 1. The van der Waals surface area contributed by atoms with Gasteiger partial charge in [-0.1, -0.05) is 32.3 Å². The summed E-state index contributed by atoms with van der Waals surface area (Å²) in [7, 11) is 0. The summed E-state index contributed by atoms with van der Waals surface area (Å²) < 4.78 is 5.49. The minimum atomic E-state index is -0.308. The molecule has 0 heterocycles. The van der Waals surface area contributed by atoms with Crippen LogP contribution in [0.5, 0.6) is 0 Å². The van der Waals surface area contributed by atoms with E-state index in [1.165, 1.54) is 19.3 Å². The summed E-state index contributed by atoms with van der Waals surface area (Å²) in [5.74, 6) is -0.308. The molecule has 0 aliphatic carbocycles. The molecule has 3 nitrogen and oxygen atoms in total. The van der Waals surface area contributed by atoms with E-state index in [4.69, 9.17) is 10.5 Å². The standard InChI is InChI=1S/C17H27NO2/c1-5-6-7-8-9-14(4)20-17(19)15-11-12(2)10-13(3)16(15)18/h10-11,14H,5-9,18H2,1-4H3. The van der Waals surface area contributed by atoms with E-state index in [-0.39, 0.29) is 12.1 Å². The number of unbranched alkanes of at least 4 members (excludes halogenated alkanes) is 3. The summed E-state index contributed by atoms with van der Waals surface area (Å²) in [5.41, 5.74) is 8.93. The maximum atomic E-state index is 12.2. The molecule has 0 saturated carbocycles. The smallest absolute Gasteiger partial charge is 0.340 e. The van der Waals surface area contributed by atoms with E-state index in [9.17, 15) is 4.79 Å². The van der Waals surface area contributed by atoms with Crippen LogP contribution < -0.4 is 5.73 Å². The molecule has 0 aliphatic rings. The van der Waals surface area contributed by atoms with Crippen molar-refractivity contribution >= 4 is 11.7 Å². The molecule has 20 heavy (non-hydrogen) atoms. The van der Waals surface area contributed by atoms with Crippen LogP contribution in [-0.2, 0) is 4.74 Å². The van der Waals surface area contributed by atoms with Crippen LogP contribution in [0.4, 0.5) is 5.69 Å². The molecule has 0 aliphatic heterocycles. The van der Waals surface area contributed by atoms with E-state index in [0.29, 0.717) is 11.3 Å². The highest BCUT2D eigenvalue weighted by Gasteiger charge is 2.16. The molecule has 1 aromatic carbocycles. The van der Waals surface area contributed by atoms with Gasteiger partial charge in [0.1, 0.15) is 0 Å². The van der Waals surface area contributed by atoms with E-state index in [1.807, 2.05) is 26.8 Å². The van der Waals surface area contributed by atoms with Gasteiger partial charge in [-0.05, 0) is 50.8 Å². The van der Waals surface area contributed by atoms with E-state index in [1.54, 1.807) is 6.07 Å². The van der Waals surface area contributed by atoms with Crippen LogP contribution in [-0.4, -0.2) is 12.1 Å². The SMILES string of the molecule is CCCCCCC(C)OC(=O)c1cc(C)cc(C)c1N. The lowest BCUT2D eigenvalue weighted by Gasteiger charge is -2.15. The van der Waals surface area contributed by atoms with Gasteiger partial charge in [-0.3, -0.25) is 0 Å². The van der Waals surface area contributed by atoms with Crippen LogP contribution in [0.1, 0.15) is 67.4 Å². The third-order valence-corrected chi connectivity index (χ3v) is 3.52. The number of hydrogen-bond donors (Lipinski definition) is 1. The van der Waals surface area contributed by atoms with Crippen molar-refractivity contribution < 1.29 is 9.53 Å². The summed E-state index contributed by atoms with van der Waals surface area (Å²) in [6.45, 7) is 8.00. The summed E-state index contributed by atoms with van der Waals surface area (Å²) >= 11 is 0. The first-order valence-corrected chi connectivity index (χ1v) is 7.53. The molecule has 0 aromatic heterocycles. The van der Waals surface area contributed by atoms with Gasteiger partial charge in [-0.15, -0.1) is 0 Å². The Labute approximate surface area is 122 Å². The normalized spacial score (nSPS) is 12.2. The molecule has 112 valence electrons. The fourth-order valence-electron chi connectivity index (χ4n) is 2.31. The zero-order chi connectivity index (χ0) is 15.1. The zero-order valence-electron chi connectivity index (χ0n) is 13.2. The molecule has 0 bridgehead atoms. The van der Waals surface area contributed by atoms with Crippen molar-refractivity contribution in [2.24, 2.45) is 0 Å². The Hall–Kier alpha value is -1.51. The Morgan fingerprint density at radius 1 is 1.25 bits per heavy atom. The molecule has 3 heteroatoms. The van der Waals surface area contributed by atoms with E-state index < -0.39 is 0 Å². The highest BCUT2D eigenvalue weighted by Crippen LogP contribution is 2.21. The van der Waals surface area contributed by atoms with Crippen molar-refractivity contribution in [1.82, 2.24) is 0 Å². The Morgan fingerprint density at radius 3 is 2.60 bits per heavy atom. The summed E-state index contributed by atoms with van der Waals surface area (Å²) in [5, 5.41) is 0. The van der Waals surface area contributed by atoms with Gasteiger partial charge in [0.2, 0.25) is 0 Å². The van der Waals surface area contributed by atoms with Crippen LogP contribution in [0.25, 0.3) is 0 Å². The number of anilines is 1. The first kappa shape index (κ1) is 16.5. The lowest BCUT2D eigenvalue weighted by Crippen LogP contribution is -2.17. The second kappa shape index (κ2) is 7.93. The molecule has 1 atom stereocenters. The molecular formula is C17H27NO2. The van der Waals surface area contributed by atoms with Gasteiger partial charge in [0.15, 0.2) is 0 Å². The van der Waals surface area contributed by atoms with Crippen molar-refractivity contribution in [2.45, 2.75) is 65.9 Å². The Balaban J connectivity index is 2.58. The first-order valence-electron chi connectivity index (χ1n) is 7.53. The topological polar surface area (TPSA) is 52.3 Å². The summed E-state index contributed by atoms with van der Waals surface area (Å²) in [4.78, 5) is 12.2. The molecule has 1 aromatic rings. The van der Waals surface area contributed by atoms with E-state index >= 15 is 0 Å². The number of ether oxygens (including phenoxy) is 1. The maximum absolute atomic E-state index is 12.2. The molecule has 0 spiro atoms. The third kappa shape index (κ3) is 4.87. The minimum absolute atomic E-state index is 0.0559. The number of nitrogens with two attached hydrogens (primary N) is 1. The molecule has 0 radical (unpaired) electrons.